The van der Waals surface area contributed by atoms with Crippen LogP contribution in [-0.4, -0.2) is 24.6 Å². The second-order valence-corrected chi connectivity index (χ2v) is 5.25. The SMILES string of the molecule is COc1cc(NC(O)C(F)(F)F)ccc1C(C)(C)C. The summed E-state index contributed by atoms with van der Waals surface area (Å²) in [4.78, 5) is 0. The average molecular weight is 277 g/mol. The number of rotatable bonds is 3. The van der Waals surface area contributed by atoms with Crippen molar-refractivity contribution >= 4 is 5.69 Å². The molecule has 0 bridgehead atoms. The van der Waals surface area contributed by atoms with Crippen LogP contribution in [0.1, 0.15) is 26.3 Å². The molecule has 0 radical (unpaired) electrons. The van der Waals surface area contributed by atoms with Crippen LogP contribution in [0.25, 0.3) is 0 Å². The molecule has 0 fully saturated rings. The van der Waals surface area contributed by atoms with Gasteiger partial charge in [0.15, 0.2) is 0 Å². The van der Waals surface area contributed by atoms with Crippen LogP contribution < -0.4 is 10.1 Å². The van der Waals surface area contributed by atoms with E-state index in [-0.39, 0.29) is 11.1 Å². The van der Waals surface area contributed by atoms with E-state index in [0.29, 0.717) is 5.75 Å². The first-order valence-electron chi connectivity index (χ1n) is 5.75. The molecule has 0 aliphatic rings. The number of aliphatic hydroxyl groups excluding tert-OH is 1. The zero-order valence-corrected chi connectivity index (χ0v) is 11.3. The zero-order valence-electron chi connectivity index (χ0n) is 11.3. The predicted molar refractivity (Wildman–Crippen MR) is 67.4 cm³/mol. The number of alkyl halides is 3. The van der Waals surface area contributed by atoms with Crippen LogP contribution in [0.4, 0.5) is 18.9 Å². The van der Waals surface area contributed by atoms with E-state index in [1.54, 1.807) is 6.07 Å². The van der Waals surface area contributed by atoms with E-state index in [1.807, 2.05) is 26.1 Å². The summed E-state index contributed by atoms with van der Waals surface area (Å²) >= 11 is 0. The van der Waals surface area contributed by atoms with Crippen LogP contribution in [0.15, 0.2) is 18.2 Å². The Morgan fingerprint density at radius 1 is 1.21 bits per heavy atom. The molecule has 0 aliphatic heterocycles. The summed E-state index contributed by atoms with van der Waals surface area (Å²) in [5, 5.41) is 10.9. The molecule has 1 aromatic rings. The zero-order chi connectivity index (χ0) is 14.8. The van der Waals surface area contributed by atoms with E-state index in [9.17, 15) is 13.2 Å². The maximum absolute atomic E-state index is 12.2. The first-order valence-corrected chi connectivity index (χ1v) is 5.75. The highest BCUT2D eigenvalue weighted by atomic mass is 19.4. The van der Waals surface area contributed by atoms with E-state index in [0.717, 1.165) is 5.56 Å². The van der Waals surface area contributed by atoms with Crippen LogP contribution in [-0.2, 0) is 5.41 Å². The van der Waals surface area contributed by atoms with E-state index in [2.05, 4.69) is 0 Å². The molecule has 0 saturated carbocycles. The minimum absolute atomic E-state index is 0.148. The van der Waals surface area contributed by atoms with Crippen molar-refractivity contribution in [3.63, 3.8) is 0 Å². The average Bonchev–Trinajstić information content (AvgIpc) is 2.26. The summed E-state index contributed by atoms with van der Waals surface area (Å²) in [5.74, 6) is 0.479. The van der Waals surface area contributed by atoms with Crippen molar-refractivity contribution in [1.29, 1.82) is 0 Å². The van der Waals surface area contributed by atoms with Crippen molar-refractivity contribution in [1.82, 2.24) is 0 Å². The van der Waals surface area contributed by atoms with Gasteiger partial charge in [0.25, 0.3) is 0 Å². The fourth-order valence-electron chi connectivity index (χ4n) is 1.64. The van der Waals surface area contributed by atoms with Crippen LogP contribution >= 0.6 is 0 Å². The summed E-state index contributed by atoms with van der Waals surface area (Å²) < 4.78 is 41.9. The smallest absolute Gasteiger partial charge is 0.433 e. The number of anilines is 1. The molecule has 19 heavy (non-hydrogen) atoms. The van der Waals surface area contributed by atoms with Gasteiger partial charge in [-0.05, 0) is 17.0 Å². The van der Waals surface area contributed by atoms with Crippen molar-refractivity contribution in [3.8, 4) is 5.75 Å². The van der Waals surface area contributed by atoms with Gasteiger partial charge in [-0.25, -0.2) is 0 Å². The molecular weight excluding hydrogens is 259 g/mol. The Morgan fingerprint density at radius 2 is 1.79 bits per heavy atom. The van der Waals surface area contributed by atoms with E-state index < -0.39 is 12.4 Å². The van der Waals surface area contributed by atoms with E-state index in [1.165, 1.54) is 19.2 Å². The van der Waals surface area contributed by atoms with Crippen LogP contribution in [0, 0.1) is 0 Å². The van der Waals surface area contributed by atoms with Crippen molar-refractivity contribution in [3.05, 3.63) is 23.8 Å². The maximum Gasteiger partial charge on any atom is 0.433 e. The lowest BCUT2D eigenvalue weighted by atomic mass is 9.86. The van der Waals surface area contributed by atoms with E-state index in [4.69, 9.17) is 9.84 Å². The number of halogens is 3. The fraction of sp³-hybridized carbons (Fsp3) is 0.538. The first kappa shape index (κ1) is 15.6. The molecule has 1 unspecified atom stereocenters. The summed E-state index contributed by atoms with van der Waals surface area (Å²) in [6, 6.07) is 4.61. The summed E-state index contributed by atoms with van der Waals surface area (Å²) in [7, 11) is 1.45. The van der Waals surface area contributed by atoms with Gasteiger partial charge in [-0.1, -0.05) is 26.8 Å². The summed E-state index contributed by atoms with van der Waals surface area (Å²) in [6.07, 6.45) is -7.31. The third-order valence-electron chi connectivity index (χ3n) is 2.62. The molecule has 1 atom stereocenters. The molecule has 1 aromatic carbocycles. The Labute approximate surface area is 110 Å². The lowest BCUT2D eigenvalue weighted by Crippen LogP contribution is -2.35. The summed E-state index contributed by atoms with van der Waals surface area (Å²) in [6.45, 7) is 5.92. The molecule has 0 saturated heterocycles. The monoisotopic (exact) mass is 277 g/mol. The molecule has 0 aromatic heterocycles. The molecule has 1 rings (SSSR count). The van der Waals surface area contributed by atoms with Crippen LogP contribution in [0.3, 0.4) is 0 Å². The molecule has 108 valence electrons. The Morgan fingerprint density at radius 3 is 2.21 bits per heavy atom. The topological polar surface area (TPSA) is 41.5 Å². The standard InChI is InChI=1S/C13H18F3NO2/c1-12(2,3)9-6-5-8(7-10(9)19-4)17-11(18)13(14,15)16/h5-7,11,17-18H,1-4H3. The van der Waals surface area contributed by atoms with Gasteiger partial charge in [-0.15, -0.1) is 0 Å². The normalized spacial score (nSPS) is 14.1. The van der Waals surface area contributed by atoms with Crippen molar-refractivity contribution in [2.24, 2.45) is 0 Å². The number of ether oxygens (including phenoxy) is 1. The molecule has 0 aliphatic carbocycles. The molecular formula is C13H18F3NO2. The van der Waals surface area contributed by atoms with Gasteiger partial charge >= 0.3 is 6.18 Å². The van der Waals surface area contributed by atoms with Gasteiger partial charge in [-0.3, -0.25) is 0 Å². The summed E-state index contributed by atoms with van der Waals surface area (Å²) in [5.41, 5.74) is 0.837. The van der Waals surface area contributed by atoms with Crippen molar-refractivity contribution in [2.45, 2.75) is 38.6 Å². The number of aliphatic hydroxyl groups is 1. The van der Waals surface area contributed by atoms with Gasteiger partial charge in [0.2, 0.25) is 6.23 Å². The lowest BCUT2D eigenvalue weighted by molar-refractivity contribution is -0.194. The molecule has 0 amide bonds. The van der Waals surface area contributed by atoms with Gasteiger partial charge in [0, 0.05) is 11.8 Å². The minimum Gasteiger partial charge on any atom is -0.496 e. The largest absolute Gasteiger partial charge is 0.496 e. The molecule has 6 heteroatoms. The number of methoxy groups -OCH3 is 1. The third kappa shape index (κ3) is 4.02. The Kier molecular flexibility index (Phi) is 4.35. The maximum atomic E-state index is 12.2. The second-order valence-electron chi connectivity index (χ2n) is 5.25. The number of benzene rings is 1. The quantitative estimate of drug-likeness (QED) is 0.833. The number of hydrogen-bond donors (Lipinski definition) is 2. The Hall–Kier alpha value is -1.43. The highest BCUT2D eigenvalue weighted by molar-refractivity contribution is 5.54. The van der Waals surface area contributed by atoms with Gasteiger partial charge in [0.1, 0.15) is 5.75 Å². The van der Waals surface area contributed by atoms with Crippen LogP contribution in [0.2, 0.25) is 0 Å². The number of nitrogens with one attached hydrogen (secondary N) is 1. The van der Waals surface area contributed by atoms with Crippen LogP contribution in [0.5, 0.6) is 5.75 Å². The lowest BCUT2D eigenvalue weighted by Gasteiger charge is -2.23. The van der Waals surface area contributed by atoms with Crippen molar-refractivity contribution in [2.75, 3.05) is 12.4 Å². The van der Waals surface area contributed by atoms with Gasteiger partial charge in [-0.2, -0.15) is 13.2 Å². The van der Waals surface area contributed by atoms with E-state index >= 15 is 0 Å². The highest BCUT2D eigenvalue weighted by Gasteiger charge is 2.38. The molecule has 0 spiro atoms. The fourth-order valence-corrected chi connectivity index (χ4v) is 1.64. The minimum atomic E-state index is -4.71. The highest BCUT2D eigenvalue weighted by Crippen LogP contribution is 2.34. The number of hydrogen-bond acceptors (Lipinski definition) is 3. The molecule has 3 nitrogen and oxygen atoms in total. The second kappa shape index (κ2) is 5.28. The Bertz CT molecular complexity index is 438. The first-order chi connectivity index (χ1) is 8.55. The van der Waals surface area contributed by atoms with Gasteiger partial charge < -0.3 is 15.2 Å². The molecule has 0 heterocycles. The third-order valence-corrected chi connectivity index (χ3v) is 2.62. The van der Waals surface area contributed by atoms with Gasteiger partial charge in [0.05, 0.1) is 7.11 Å². The predicted octanol–water partition coefficient (Wildman–Crippen LogP) is 3.29. The van der Waals surface area contributed by atoms with Crippen molar-refractivity contribution < 1.29 is 23.0 Å². The Balaban J connectivity index is 3.02. The molecule has 2 N–H and O–H groups in total.